The predicted octanol–water partition coefficient (Wildman–Crippen LogP) is 1.10. The highest BCUT2D eigenvalue weighted by molar-refractivity contribution is 5.94. The Morgan fingerprint density at radius 2 is 2.35 bits per heavy atom. The van der Waals surface area contributed by atoms with E-state index >= 15 is 0 Å². The Kier molecular flexibility index (Phi) is 2.86. The standard InChI is InChI=1S/C11H11NO5/c1-16-8-4-2-3-7(5-8)12-6-9(10(13)14)17-11(12)15/h2-5,9H,6H2,1H3,(H,13,14). The van der Waals surface area contributed by atoms with E-state index in [4.69, 9.17) is 14.6 Å². The van der Waals surface area contributed by atoms with E-state index in [-0.39, 0.29) is 6.54 Å². The van der Waals surface area contributed by atoms with Gasteiger partial charge in [0.2, 0.25) is 6.10 Å². The minimum Gasteiger partial charge on any atom is -0.497 e. The number of carbonyl (C=O) groups excluding carboxylic acids is 1. The SMILES string of the molecule is COc1cccc(N2CC(C(=O)O)OC2=O)c1. The van der Waals surface area contributed by atoms with Crippen LogP contribution in [-0.2, 0) is 9.53 Å². The first-order chi connectivity index (χ1) is 8.11. The van der Waals surface area contributed by atoms with Gasteiger partial charge >= 0.3 is 12.1 Å². The molecule has 1 aliphatic rings. The minimum absolute atomic E-state index is 0.00132. The van der Waals surface area contributed by atoms with Gasteiger partial charge in [-0.15, -0.1) is 0 Å². The van der Waals surface area contributed by atoms with Gasteiger partial charge in [0.25, 0.3) is 0 Å². The van der Waals surface area contributed by atoms with Crippen molar-refractivity contribution in [1.29, 1.82) is 0 Å². The lowest BCUT2D eigenvalue weighted by Gasteiger charge is -2.13. The fourth-order valence-electron chi connectivity index (χ4n) is 1.58. The molecule has 1 atom stereocenters. The van der Waals surface area contributed by atoms with Crippen molar-refractivity contribution in [3.8, 4) is 5.75 Å². The second kappa shape index (κ2) is 4.32. The van der Waals surface area contributed by atoms with Gasteiger partial charge in [-0.1, -0.05) is 6.07 Å². The Labute approximate surface area is 97.4 Å². The molecular formula is C11H11NO5. The van der Waals surface area contributed by atoms with Crippen molar-refractivity contribution in [2.75, 3.05) is 18.6 Å². The van der Waals surface area contributed by atoms with Gasteiger partial charge in [-0.05, 0) is 12.1 Å². The number of anilines is 1. The molecule has 1 amide bonds. The third-order valence-electron chi connectivity index (χ3n) is 2.45. The van der Waals surface area contributed by atoms with E-state index in [0.717, 1.165) is 0 Å². The average molecular weight is 237 g/mol. The van der Waals surface area contributed by atoms with E-state index in [1.165, 1.54) is 12.0 Å². The second-order valence-electron chi connectivity index (χ2n) is 3.52. The van der Waals surface area contributed by atoms with E-state index in [0.29, 0.717) is 11.4 Å². The highest BCUT2D eigenvalue weighted by atomic mass is 16.6. The number of hydrogen-bond acceptors (Lipinski definition) is 4. The number of carboxylic acids is 1. The van der Waals surface area contributed by atoms with Crippen molar-refractivity contribution in [2.24, 2.45) is 0 Å². The van der Waals surface area contributed by atoms with E-state index in [9.17, 15) is 9.59 Å². The van der Waals surface area contributed by atoms with Gasteiger partial charge in [0, 0.05) is 6.07 Å². The minimum atomic E-state index is -1.15. The molecule has 0 radical (unpaired) electrons. The van der Waals surface area contributed by atoms with Crippen molar-refractivity contribution in [3.63, 3.8) is 0 Å². The highest BCUT2D eigenvalue weighted by Gasteiger charge is 2.36. The highest BCUT2D eigenvalue weighted by Crippen LogP contribution is 2.25. The number of carboxylic acid groups (broad SMARTS) is 1. The molecule has 0 aliphatic carbocycles. The summed E-state index contributed by atoms with van der Waals surface area (Å²) in [6.45, 7) is 0.00132. The van der Waals surface area contributed by atoms with Crippen LogP contribution in [0, 0.1) is 0 Å². The van der Waals surface area contributed by atoms with Gasteiger partial charge in [-0.25, -0.2) is 9.59 Å². The number of cyclic esters (lactones) is 1. The zero-order valence-electron chi connectivity index (χ0n) is 9.12. The summed E-state index contributed by atoms with van der Waals surface area (Å²) in [6, 6.07) is 6.79. The van der Waals surface area contributed by atoms with Crippen molar-refractivity contribution in [1.82, 2.24) is 0 Å². The Morgan fingerprint density at radius 3 is 2.94 bits per heavy atom. The largest absolute Gasteiger partial charge is 0.497 e. The van der Waals surface area contributed by atoms with Gasteiger partial charge in [-0.2, -0.15) is 0 Å². The fraction of sp³-hybridized carbons (Fsp3) is 0.273. The zero-order valence-corrected chi connectivity index (χ0v) is 9.12. The third-order valence-corrected chi connectivity index (χ3v) is 2.45. The van der Waals surface area contributed by atoms with Crippen LogP contribution in [0.1, 0.15) is 0 Å². The van der Waals surface area contributed by atoms with Crippen LogP contribution in [0.15, 0.2) is 24.3 Å². The topological polar surface area (TPSA) is 76.1 Å². The summed E-state index contributed by atoms with van der Waals surface area (Å²) in [5.41, 5.74) is 0.554. The molecule has 1 aromatic carbocycles. The maximum Gasteiger partial charge on any atom is 0.415 e. The molecule has 1 unspecified atom stereocenters. The number of amides is 1. The lowest BCUT2D eigenvalue weighted by molar-refractivity contribution is -0.144. The Bertz CT molecular complexity index is 459. The van der Waals surface area contributed by atoms with Gasteiger partial charge in [0.15, 0.2) is 0 Å². The molecule has 1 aliphatic heterocycles. The summed E-state index contributed by atoms with van der Waals surface area (Å²) in [7, 11) is 1.52. The fourth-order valence-corrected chi connectivity index (χ4v) is 1.58. The Hall–Kier alpha value is -2.24. The first-order valence-electron chi connectivity index (χ1n) is 4.97. The van der Waals surface area contributed by atoms with Crippen LogP contribution in [-0.4, -0.2) is 36.9 Å². The number of rotatable bonds is 3. The number of aliphatic carboxylic acids is 1. The molecule has 0 aromatic heterocycles. The number of methoxy groups -OCH3 is 1. The normalized spacial score (nSPS) is 19.0. The molecule has 1 N–H and O–H groups in total. The lowest BCUT2D eigenvalue weighted by Crippen LogP contribution is -2.27. The summed E-state index contributed by atoms with van der Waals surface area (Å²) in [6.07, 6.45) is -1.78. The van der Waals surface area contributed by atoms with Gasteiger partial charge < -0.3 is 14.6 Å². The molecule has 0 bridgehead atoms. The van der Waals surface area contributed by atoms with Gasteiger partial charge in [0.1, 0.15) is 5.75 Å². The molecular weight excluding hydrogens is 226 g/mol. The predicted molar refractivity (Wildman–Crippen MR) is 58.2 cm³/mol. The molecule has 1 saturated heterocycles. The number of benzene rings is 1. The molecule has 0 spiro atoms. The number of ether oxygens (including phenoxy) is 2. The van der Waals surface area contributed by atoms with Crippen LogP contribution < -0.4 is 9.64 Å². The molecule has 0 saturated carbocycles. The van der Waals surface area contributed by atoms with Crippen LogP contribution in [0.2, 0.25) is 0 Å². The molecule has 2 rings (SSSR count). The van der Waals surface area contributed by atoms with Gasteiger partial charge in [0.05, 0.1) is 19.3 Å². The number of hydrogen-bond donors (Lipinski definition) is 1. The molecule has 17 heavy (non-hydrogen) atoms. The number of carbonyl (C=O) groups is 2. The lowest BCUT2D eigenvalue weighted by atomic mass is 10.2. The Balaban J connectivity index is 2.22. The van der Waals surface area contributed by atoms with Crippen molar-refractivity contribution < 1.29 is 24.2 Å². The Morgan fingerprint density at radius 1 is 1.59 bits per heavy atom. The second-order valence-corrected chi connectivity index (χ2v) is 3.52. The maximum atomic E-state index is 11.5. The molecule has 1 aromatic rings. The summed E-state index contributed by atoms with van der Waals surface area (Å²) in [5, 5.41) is 8.77. The third kappa shape index (κ3) is 2.15. The monoisotopic (exact) mass is 237 g/mol. The van der Waals surface area contributed by atoms with Crippen molar-refractivity contribution >= 4 is 17.7 Å². The van der Waals surface area contributed by atoms with E-state index < -0.39 is 18.2 Å². The van der Waals surface area contributed by atoms with E-state index in [1.807, 2.05) is 0 Å². The van der Waals surface area contributed by atoms with E-state index in [2.05, 4.69) is 0 Å². The average Bonchev–Trinajstić information content (AvgIpc) is 2.72. The molecule has 1 fully saturated rings. The van der Waals surface area contributed by atoms with E-state index in [1.54, 1.807) is 24.3 Å². The molecule has 1 heterocycles. The quantitative estimate of drug-likeness (QED) is 0.852. The smallest absolute Gasteiger partial charge is 0.415 e. The van der Waals surface area contributed by atoms with Crippen molar-refractivity contribution in [3.05, 3.63) is 24.3 Å². The zero-order chi connectivity index (χ0) is 12.4. The summed E-state index contributed by atoms with van der Waals surface area (Å²) < 4.78 is 9.74. The first kappa shape index (κ1) is 11.3. The van der Waals surface area contributed by atoms with Crippen LogP contribution in [0.3, 0.4) is 0 Å². The van der Waals surface area contributed by atoms with Gasteiger partial charge in [-0.3, -0.25) is 4.90 Å². The van der Waals surface area contributed by atoms with Crippen LogP contribution >= 0.6 is 0 Å². The van der Waals surface area contributed by atoms with Crippen molar-refractivity contribution in [2.45, 2.75) is 6.10 Å². The molecule has 6 nitrogen and oxygen atoms in total. The van der Waals surface area contributed by atoms with Crippen LogP contribution in [0.25, 0.3) is 0 Å². The summed E-state index contributed by atoms with van der Waals surface area (Å²) in [4.78, 5) is 23.5. The molecule has 6 heteroatoms. The number of nitrogens with zero attached hydrogens (tertiary/aromatic N) is 1. The molecule has 90 valence electrons. The maximum absolute atomic E-state index is 11.5. The summed E-state index contributed by atoms with van der Waals surface area (Å²) >= 11 is 0. The summed E-state index contributed by atoms with van der Waals surface area (Å²) in [5.74, 6) is -0.558. The first-order valence-corrected chi connectivity index (χ1v) is 4.97. The van der Waals surface area contributed by atoms with Crippen LogP contribution in [0.4, 0.5) is 10.5 Å². The van der Waals surface area contributed by atoms with Crippen LogP contribution in [0.5, 0.6) is 5.75 Å².